The normalized spacial score (nSPS) is 25.3. The number of aliphatic hydroxyl groups excluding tert-OH is 1. The van der Waals surface area contributed by atoms with Crippen LogP contribution in [-0.4, -0.2) is 37.3 Å². The lowest BCUT2D eigenvalue weighted by Gasteiger charge is -2.26. The van der Waals surface area contributed by atoms with Crippen LogP contribution in [0.2, 0.25) is 0 Å². The summed E-state index contributed by atoms with van der Waals surface area (Å²) in [5.74, 6) is 0.502. The molecule has 19 heavy (non-hydrogen) atoms. The molecule has 4 heteroatoms. The summed E-state index contributed by atoms with van der Waals surface area (Å²) in [6.07, 6.45) is 5.14. The van der Waals surface area contributed by atoms with Crippen LogP contribution in [0.15, 0.2) is 0 Å². The molecule has 1 aliphatic heterocycles. The molecule has 4 nitrogen and oxygen atoms in total. The molecule has 0 aromatic heterocycles. The monoisotopic (exact) mass is 268 g/mol. The maximum absolute atomic E-state index is 12.2. The summed E-state index contributed by atoms with van der Waals surface area (Å²) < 4.78 is 0. The highest BCUT2D eigenvalue weighted by atomic mass is 16.2. The molecule has 1 atom stereocenters. The van der Waals surface area contributed by atoms with Gasteiger partial charge in [-0.2, -0.15) is 0 Å². The Morgan fingerprint density at radius 3 is 2.74 bits per heavy atom. The number of nitrogens with one attached hydrogen (secondary N) is 2. The number of rotatable bonds is 6. The van der Waals surface area contributed by atoms with Gasteiger partial charge in [0, 0.05) is 19.1 Å². The topological polar surface area (TPSA) is 61.4 Å². The van der Waals surface area contributed by atoms with Crippen LogP contribution in [0.1, 0.15) is 46.0 Å². The van der Waals surface area contributed by atoms with Crippen LogP contribution in [-0.2, 0) is 4.79 Å². The lowest BCUT2D eigenvalue weighted by molar-refractivity contribution is -0.123. The highest BCUT2D eigenvalue weighted by molar-refractivity contribution is 5.82. The summed E-state index contributed by atoms with van der Waals surface area (Å²) in [5.41, 5.74) is 0.402. The van der Waals surface area contributed by atoms with Gasteiger partial charge in [-0.1, -0.05) is 13.8 Å². The SMILES string of the molecule is CC(C)(CCCO)CNC(=O)C1CC12CCNCC2. The van der Waals surface area contributed by atoms with E-state index >= 15 is 0 Å². The molecule has 110 valence electrons. The number of amides is 1. The molecule has 2 rings (SSSR count). The van der Waals surface area contributed by atoms with E-state index in [4.69, 9.17) is 5.11 Å². The molecule has 1 saturated heterocycles. The third kappa shape index (κ3) is 3.69. The molecule has 3 N–H and O–H groups in total. The Hall–Kier alpha value is -0.610. The summed E-state index contributed by atoms with van der Waals surface area (Å²) in [7, 11) is 0. The van der Waals surface area contributed by atoms with Gasteiger partial charge in [-0.05, 0) is 56.0 Å². The van der Waals surface area contributed by atoms with Crippen LogP contribution in [0.4, 0.5) is 0 Å². The highest BCUT2D eigenvalue weighted by Gasteiger charge is 2.57. The Kier molecular flexibility index (Phi) is 4.51. The Labute approximate surface area is 116 Å². The van der Waals surface area contributed by atoms with Gasteiger partial charge in [-0.15, -0.1) is 0 Å². The number of hydrogen-bond donors (Lipinski definition) is 3. The van der Waals surface area contributed by atoms with E-state index < -0.39 is 0 Å². The molecule has 1 aliphatic carbocycles. The average Bonchev–Trinajstić information content (AvgIpc) is 3.08. The van der Waals surface area contributed by atoms with E-state index in [1.54, 1.807) is 0 Å². The minimum Gasteiger partial charge on any atom is -0.396 e. The van der Waals surface area contributed by atoms with Gasteiger partial charge in [-0.3, -0.25) is 4.79 Å². The smallest absolute Gasteiger partial charge is 0.223 e. The maximum Gasteiger partial charge on any atom is 0.223 e. The van der Waals surface area contributed by atoms with Gasteiger partial charge in [0.1, 0.15) is 0 Å². The number of piperidine rings is 1. The summed E-state index contributed by atoms with van der Waals surface area (Å²) in [6, 6.07) is 0. The second kappa shape index (κ2) is 5.80. The number of carbonyl (C=O) groups is 1. The molecular formula is C15H28N2O2. The van der Waals surface area contributed by atoms with Crippen molar-refractivity contribution < 1.29 is 9.90 Å². The van der Waals surface area contributed by atoms with Crippen molar-refractivity contribution in [1.29, 1.82) is 0 Å². The van der Waals surface area contributed by atoms with E-state index in [0.29, 0.717) is 5.41 Å². The van der Waals surface area contributed by atoms with Gasteiger partial charge in [0.15, 0.2) is 0 Å². The molecule has 0 bridgehead atoms. The van der Waals surface area contributed by atoms with Crippen molar-refractivity contribution in [2.75, 3.05) is 26.2 Å². The first-order valence-corrected chi connectivity index (χ1v) is 7.58. The van der Waals surface area contributed by atoms with Crippen molar-refractivity contribution in [3.8, 4) is 0 Å². The van der Waals surface area contributed by atoms with Crippen LogP contribution in [0.3, 0.4) is 0 Å². The number of carbonyl (C=O) groups excluding carboxylic acids is 1. The van der Waals surface area contributed by atoms with Gasteiger partial charge in [-0.25, -0.2) is 0 Å². The van der Waals surface area contributed by atoms with E-state index in [1.807, 2.05) is 0 Å². The lowest BCUT2D eigenvalue weighted by Crippen LogP contribution is -2.37. The molecule has 0 radical (unpaired) electrons. The van der Waals surface area contributed by atoms with E-state index in [9.17, 15) is 4.79 Å². The molecule has 2 aliphatic rings. The average molecular weight is 268 g/mol. The minimum atomic E-state index is 0.0779. The van der Waals surface area contributed by atoms with Gasteiger partial charge >= 0.3 is 0 Å². The molecule has 1 spiro atoms. The fourth-order valence-corrected chi connectivity index (χ4v) is 3.29. The zero-order valence-corrected chi connectivity index (χ0v) is 12.3. The summed E-state index contributed by atoms with van der Waals surface area (Å²) in [6.45, 7) is 7.37. The third-order valence-corrected chi connectivity index (χ3v) is 4.86. The maximum atomic E-state index is 12.2. The van der Waals surface area contributed by atoms with Gasteiger partial charge < -0.3 is 15.7 Å². The van der Waals surface area contributed by atoms with Crippen molar-refractivity contribution in [3.63, 3.8) is 0 Å². The molecule has 1 heterocycles. The predicted molar refractivity (Wildman–Crippen MR) is 75.8 cm³/mol. The largest absolute Gasteiger partial charge is 0.396 e. The lowest BCUT2D eigenvalue weighted by atomic mass is 9.87. The second-order valence-electron chi connectivity index (χ2n) is 7.08. The Bertz CT molecular complexity index is 322. The van der Waals surface area contributed by atoms with Crippen molar-refractivity contribution in [2.24, 2.45) is 16.7 Å². The van der Waals surface area contributed by atoms with Crippen molar-refractivity contribution >= 4 is 5.91 Å². The molecule has 1 amide bonds. The van der Waals surface area contributed by atoms with E-state index in [-0.39, 0.29) is 23.8 Å². The fourth-order valence-electron chi connectivity index (χ4n) is 3.29. The van der Waals surface area contributed by atoms with Crippen LogP contribution in [0.25, 0.3) is 0 Å². The molecule has 0 aromatic carbocycles. The zero-order chi connectivity index (χ0) is 13.9. The van der Waals surface area contributed by atoms with E-state index in [2.05, 4.69) is 24.5 Å². The fraction of sp³-hybridized carbons (Fsp3) is 0.933. The van der Waals surface area contributed by atoms with Crippen LogP contribution >= 0.6 is 0 Å². The Morgan fingerprint density at radius 2 is 2.11 bits per heavy atom. The Balaban J connectivity index is 1.73. The standard InChI is InChI=1S/C15H28N2O2/c1-14(2,4-3-9-18)11-17-13(19)12-10-15(12)5-7-16-8-6-15/h12,16,18H,3-11H2,1-2H3,(H,17,19). The zero-order valence-electron chi connectivity index (χ0n) is 12.3. The van der Waals surface area contributed by atoms with Crippen molar-refractivity contribution in [3.05, 3.63) is 0 Å². The summed E-state index contributed by atoms with van der Waals surface area (Å²) in [5, 5.41) is 15.4. The molecular weight excluding hydrogens is 240 g/mol. The van der Waals surface area contributed by atoms with E-state index in [1.165, 1.54) is 0 Å². The van der Waals surface area contributed by atoms with E-state index in [0.717, 1.165) is 51.7 Å². The second-order valence-corrected chi connectivity index (χ2v) is 7.08. The van der Waals surface area contributed by atoms with Crippen molar-refractivity contribution in [1.82, 2.24) is 10.6 Å². The first-order chi connectivity index (χ1) is 8.99. The quantitative estimate of drug-likeness (QED) is 0.680. The Morgan fingerprint density at radius 1 is 1.42 bits per heavy atom. The van der Waals surface area contributed by atoms with Crippen LogP contribution in [0, 0.1) is 16.7 Å². The number of aliphatic hydroxyl groups is 1. The molecule has 2 fully saturated rings. The number of hydrogen-bond acceptors (Lipinski definition) is 3. The highest BCUT2D eigenvalue weighted by Crippen LogP contribution is 2.58. The van der Waals surface area contributed by atoms with Gasteiger partial charge in [0.25, 0.3) is 0 Å². The molecule has 1 unspecified atom stereocenters. The predicted octanol–water partition coefficient (Wildman–Crippen LogP) is 1.29. The minimum absolute atomic E-state index is 0.0779. The summed E-state index contributed by atoms with van der Waals surface area (Å²) in [4.78, 5) is 12.2. The van der Waals surface area contributed by atoms with Gasteiger partial charge in [0.05, 0.1) is 0 Å². The van der Waals surface area contributed by atoms with Crippen LogP contribution in [0.5, 0.6) is 0 Å². The van der Waals surface area contributed by atoms with Gasteiger partial charge in [0.2, 0.25) is 5.91 Å². The summed E-state index contributed by atoms with van der Waals surface area (Å²) >= 11 is 0. The molecule has 0 aromatic rings. The molecule has 1 saturated carbocycles. The van der Waals surface area contributed by atoms with Crippen molar-refractivity contribution in [2.45, 2.75) is 46.0 Å². The van der Waals surface area contributed by atoms with Crippen LogP contribution < -0.4 is 10.6 Å². The first-order valence-electron chi connectivity index (χ1n) is 7.58. The first kappa shape index (κ1) is 14.8. The third-order valence-electron chi connectivity index (χ3n) is 4.86.